The van der Waals surface area contributed by atoms with E-state index in [2.05, 4.69) is 5.32 Å². The van der Waals surface area contributed by atoms with Crippen molar-refractivity contribution in [2.75, 3.05) is 5.32 Å². The first kappa shape index (κ1) is 20.3. The van der Waals surface area contributed by atoms with Gasteiger partial charge in [0.1, 0.15) is 29.7 Å². The second-order valence-electron chi connectivity index (χ2n) is 6.40. The van der Waals surface area contributed by atoms with Gasteiger partial charge in [-0.05, 0) is 43.3 Å². The molecule has 1 heterocycles. The van der Waals surface area contributed by atoms with E-state index in [4.69, 9.17) is 10.00 Å². The molecule has 3 aromatic rings. The summed E-state index contributed by atoms with van der Waals surface area (Å²) in [5.41, 5.74) is -0.0633. The number of aryl methyl sites for hydroxylation is 1. The molecule has 0 aliphatic rings. The molecule has 0 unspecified atom stereocenters. The number of aromatic nitrogens is 1. The fraction of sp³-hybridized carbons (Fsp3) is 0.0952. The fourth-order valence-electron chi connectivity index (χ4n) is 2.62. The van der Waals surface area contributed by atoms with Crippen molar-refractivity contribution in [1.29, 1.82) is 5.26 Å². The highest BCUT2D eigenvalue weighted by atomic mass is 16.6. The van der Waals surface area contributed by atoms with Crippen LogP contribution in [0.4, 0.5) is 11.4 Å². The Balaban J connectivity index is 1.69. The number of rotatable bonds is 6. The minimum absolute atomic E-state index is 0.408. The second-order valence-corrected chi connectivity index (χ2v) is 6.40. The molecular formula is C21H16N4O5. The summed E-state index contributed by atoms with van der Waals surface area (Å²) in [7, 11) is 0. The molecule has 0 bridgehead atoms. The summed E-state index contributed by atoms with van der Waals surface area (Å²) in [4.78, 5) is 34.6. The van der Waals surface area contributed by atoms with Crippen LogP contribution in [0.2, 0.25) is 0 Å². The Morgan fingerprint density at radius 2 is 1.77 bits per heavy atom. The maximum atomic E-state index is 12.3. The van der Waals surface area contributed by atoms with Crippen LogP contribution in [0.15, 0.2) is 65.6 Å². The van der Waals surface area contributed by atoms with Gasteiger partial charge in [0.2, 0.25) is 5.91 Å². The van der Waals surface area contributed by atoms with Crippen LogP contribution in [-0.4, -0.2) is 15.4 Å². The third-order valence-electron chi connectivity index (χ3n) is 4.11. The van der Waals surface area contributed by atoms with Gasteiger partial charge in [-0.1, -0.05) is 17.7 Å². The molecule has 0 radical (unpaired) electrons. The molecule has 9 heteroatoms. The monoisotopic (exact) mass is 404 g/mol. The van der Waals surface area contributed by atoms with E-state index in [1.165, 1.54) is 0 Å². The molecule has 3 rings (SSSR count). The average molecular weight is 404 g/mol. The zero-order chi connectivity index (χ0) is 21.7. The van der Waals surface area contributed by atoms with Gasteiger partial charge in [-0.15, -0.1) is 0 Å². The Bertz CT molecular complexity index is 1190. The minimum atomic E-state index is -0.778. The van der Waals surface area contributed by atoms with Crippen molar-refractivity contribution in [2.45, 2.75) is 13.5 Å². The number of carbonyl (C=O) groups excluding carboxylic acids is 1. The largest absolute Gasteiger partial charge is 0.457 e. The lowest BCUT2D eigenvalue weighted by Crippen LogP contribution is -2.29. The summed E-state index contributed by atoms with van der Waals surface area (Å²) in [6.07, 6.45) is 0.932. The summed E-state index contributed by atoms with van der Waals surface area (Å²) >= 11 is 0. The van der Waals surface area contributed by atoms with E-state index < -0.39 is 34.2 Å². The van der Waals surface area contributed by atoms with Crippen LogP contribution in [-0.2, 0) is 11.3 Å². The Morgan fingerprint density at radius 3 is 2.33 bits per heavy atom. The van der Waals surface area contributed by atoms with Gasteiger partial charge in [0, 0.05) is 11.8 Å². The first-order chi connectivity index (χ1) is 14.4. The topological polar surface area (TPSA) is 127 Å². The summed E-state index contributed by atoms with van der Waals surface area (Å²) in [5, 5.41) is 22.5. The maximum Gasteiger partial charge on any atom is 0.287 e. The van der Waals surface area contributed by atoms with Crippen molar-refractivity contribution < 1.29 is 14.5 Å². The van der Waals surface area contributed by atoms with Crippen LogP contribution in [0.3, 0.4) is 0 Å². The van der Waals surface area contributed by atoms with Crippen LogP contribution in [0.5, 0.6) is 11.5 Å². The average Bonchev–Trinajstić information content (AvgIpc) is 2.72. The molecule has 0 saturated carbocycles. The third-order valence-corrected chi connectivity index (χ3v) is 4.11. The molecule has 0 aliphatic heterocycles. The molecular weight excluding hydrogens is 388 g/mol. The highest BCUT2D eigenvalue weighted by Gasteiger charge is 2.15. The third kappa shape index (κ3) is 4.88. The van der Waals surface area contributed by atoms with E-state index in [-0.39, 0.29) is 0 Å². The molecule has 30 heavy (non-hydrogen) atoms. The van der Waals surface area contributed by atoms with Crippen LogP contribution < -0.4 is 15.6 Å². The molecule has 0 aliphatic carbocycles. The predicted octanol–water partition coefficient (Wildman–Crippen LogP) is 3.37. The molecule has 1 N–H and O–H groups in total. The SMILES string of the molecule is Cc1ccc(Oc2ccc(NC(=O)Cn3cc([N+](=O)[O-])cc(C#N)c3=O)cc2)cc1. The van der Waals surface area contributed by atoms with Crippen molar-refractivity contribution >= 4 is 17.3 Å². The van der Waals surface area contributed by atoms with E-state index in [0.717, 1.165) is 22.4 Å². The van der Waals surface area contributed by atoms with E-state index in [1.807, 2.05) is 31.2 Å². The van der Waals surface area contributed by atoms with E-state index in [0.29, 0.717) is 17.2 Å². The smallest absolute Gasteiger partial charge is 0.287 e. The number of benzene rings is 2. The number of nitriles is 1. The number of nitrogens with one attached hydrogen (secondary N) is 1. The molecule has 1 aromatic heterocycles. The molecule has 0 saturated heterocycles. The number of hydrogen-bond acceptors (Lipinski definition) is 6. The predicted molar refractivity (Wildman–Crippen MR) is 108 cm³/mol. The molecule has 0 fully saturated rings. The number of amides is 1. The van der Waals surface area contributed by atoms with Crippen molar-refractivity contribution in [2.24, 2.45) is 0 Å². The number of nitro groups is 1. The number of pyridine rings is 1. The summed E-state index contributed by atoms with van der Waals surface area (Å²) in [6, 6.07) is 16.6. The first-order valence-electron chi connectivity index (χ1n) is 8.79. The highest BCUT2D eigenvalue weighted by molar-refractivity contribution is 5.90. The van der Waals surface area contributed by atoms with Gasteiger partial charge in [-0.3, -0.25) is 24.3 Å². The van der Waals surface area contributed by atoms with Gasteiger partial charge in [-0.25, -0.2) is 0 Å². The lowest BCUT2D eigenvalue weighted by molar-refractivity contribution is -0.385. The minimum Gasteiger partial charge on any atom is -0.457 e. The molecule has 0 spiro atoms. The highest BCUT2D eigenvalue weighted by Crippen LogP contribution is 2.23. The zero-order valence-corrected chi connectivity index (χ0v) is 15.9. The number of hydrogen-bond donors (Lipinski definition) is 1. The molecule has 1 amide bonds. The Kier molecular flexibility index (Phi) is 5.89. The maximum absolute atomic E-state index is 12.3. The van der Waals surface area contributed by atoms with E-state index in [9.17, 15) is 19.7 Å². The molecule has 150 valence electrons. The normalized spacial score (nSPS) is 10.1. The van der Waals surface area contributed by atoms with Crippen molar-refractivity contribution in [3.05, 3.63) is 92.4 Å². The van der Waals surface area contributed by atoms with Crippen LogP contribution in [0.1, 0.15) is 11.1 Å². The van der Waals surface area contributed by atoms with Gasteiger partial charge < -0.3 is 10.1 Å². The van der Waals surface area contributed by atoms with E-state index in [1.54, 1.807) is 30.3 Å². The standard InChI is InChI=1S/C21H16N4O5/c1-14-2-6-18(7-3-14)30-19-8-4-16(5-9-19)23-20(26)13-24-12-17(25(28)29)10-15(11-22)21(24)27/h2-10,12H,13H2,1H3,(H,23,26). The van der Waals surface area contributed by atoms with Crippen molar-refractivity contribution in [3.63, 3.8) is 0 Å². The second kappa shape index (κ2) is 8.70. The lowest BCUT2D eigenvalue weighted by Gasteiger charge is -2.09. The van der Waals surface area contributed by atoms with Crippen LogP contribution in [0.25, 0.3) is 0 Å². The van der Waals surface area contributed by atoms with Gasteiger partial charge in [0.25, 0.3) is 11.2 Å². The Labute approximate surface area is 170 Å². The van der Waals surface area contributed by atoms with Gasteiger partial charge in [-0.2, -0.15) is 5.26 Å². The van der Waals surface area contributed by atoms with Crippen molar-refractivity contribution in [1.82, 2.24) is 4.57 Å². The summed E-state index contributed by atoms with van der Waals surface area (Å²) < 4.78 is 6.55. The first-order valence-corrected chi connectivity index (χ1v) is 8.79. The number of nitrogens with zero attached hydrogens (tertiary/aromatic N) is 3. The number of anilines is 1. The van der Waals surface area contributed by atoms with Gasteiger partial charge in [0.05, 0.1) is 11.1 Å². The molecule has 2 aromatic carbocycles. The summed E-state index contributed by atoms with van der Waals surface area (Å²) in [5.74, 6) is 0.676. The Hall–Kier alpha value is -4.45. The van der Waals surface area contributed by atoms with Gasteiger partial charge >= 0.3 is 0 Å². The molecule has 9 nitrogen and oxygen atoms in total. The Morgan fingerprint density at radius 1 is 1.17 bits per heavy atom. The van der Waals surface area contributed by atoms with Crippen LogP contribution >= 0.6 is 0 Å². The zero-order valence-electron chi connectivity index (χ0n) is 15.9. The molecule has 0 atom stereocenters. The van der Waals surface area contributed by atoms with Gasteiger partial charge in [0.15, 0.2) is 0 Å². The van der Waals surface area contributed by atoms with E-state index >= 15 is 0 Å². The summed E-state index contributed by atoms with van der Waals surface area (Å²) in [6.45, 7) is 1.50. The van der Waals surface area contributed by atoms with Crippen LogP contribution in [0, 0.1) is 28.4 Å². The number of carbonyl (C=O) groups is 1. The lowest BCUT2D eigenvalue weighted by atomic mass is 10.2. The van der Waals surface area contributed by atoms with Crippen molar-refractivity contribution in [3.8, 4) is 17.6 Å². The quantitative estimate of drug-likeness (QED) is 0.496. The fourth-order valence-corrected chi connectivity index (χ4v) is 2.62. The number of ether oxygens (including phenoxy) is 1.